The number of benzene rings is 1. The number of ketones is 1. The molecule has 0 aliphatic rings. The van der Waals surface area contributed by atoms with Crippen LogP contribution in [0.5, 0.6) is 0 Å². The second kappa shape index (κ2) is 4.28. The molecule has 1 aromatic carbocycles. The van der Waals surface area contributed by atoms with Gasteiger partial charge in [-0.3, -0.25) is 4.79 Å². The van der Waals surface area contributed by atoms with Crippen LogP contribution in [0.2, 0.25) is 5.02 Å². The largest absolute Gasteiger partial charge is 0.324 e. The molecule has 0 unspecified atom stereocenters. The van der Waals surface area contributed by atoms with Gasteiger partial charge in [-0.25, -0.2) is 13.6 Å². The van der Waals surface area contributed by atoms with Crippen LogP contribution in [0.25, 0.3) is 0 Å². The van der Waals surface area contributed by atoms with E-state index < -0.39 is 10.0 Å². The summed E-state index contributed by atoms with van der Waals surface area (Å²) in [6.07, 6.45) is 0. The van der Waals surface area contributed by atoms with Gasteiger partial charge in [0.15, 0.2) is 5.78 Å². The van der Waals surface area contributed by atoms with Crippen molar-refractivity contribution in [2.75, 3.05) is 6.54 Å². The second-order valence-corrected chi connectivity index (χ2v) is 4.75. The maximum atomic E-state index is 11.2. The molecule has 0 atom stereocenters. The summed E-state index contributed by atoms with van der Waals surface area (Å²) in [6, 6.07) is 3.81. The zero-order valence-corrected chi connectivity index (χ0v) is 9.18. The minimum absolute atomic E-state index is 0.0222. The van der Waals surface area contributed by atoms with Crippen molar-refractivity contribution in [1.29, 1.82) is 0 Å². The summed E-state index contributed by atoms with van der Waals surface area (Å²) in [5, 5.41) is 4.89. The number of nitrogens with two attached hydrogens (primary N) is 2. The maximum absolute atomic E-state index is 11.2. The molecular weight excluding hydrogens is 240 g/mol. The first-order valence-corrected chi connectivity index (χ1v) is 5.84. The van der Waals surface area contributed by atoms with E-state index in [9.17, 15) is 13.2 Å². The van der Waals surface area contributed by atoms with Gasteiger partial charge in [0, 0.05) is 5.56 Å². The Kier molecular flexibility index (Phi) is 3.46. The lowest BCUT2D eigenvalue weighted by molar-refractivity contribution is 0.100. The van der Waals surface area contributed by atoms with Crippen molar-refractivity contribution in [3.63, 3.8) is 0 Å². The summed E-state index contributed by atoms with van der Waals surface area (Å²) < 4.78 is 22.1. The number of carbonyl (C=O) groups excluding carboxylic acids is 1. The van der Waals surface area contributed by atoms with Gasteiger partial charge in [0.1, 0.15) is 4.90 Å². The maximum Gasteiger partial charge on any atom is 0.239 e. The predicted molar refractivity (Wildman–Crippen MR) is 56.2 cm³/mol. The SMILES string of the molecule is NCC(=O)c1ccc(Cl)c(S(N)(=O)=O)c1. The van der Waals surface area contributed by atoms with Crippen molar-refractivity contribution < 1.29 is 13.2 Å². The molecule has 0 amide bonds. The van der Waals surface area contributed by atoms with E-state index in [1.54, 1.807) is 0 Å². The number of sulfonamides is 1. The number of hydrogen-bond donors (Lipinski definition) is 2. The van der Waals surface area contributed by atoms with Crippen LogP contribution in [0.4, 0.5) is 0 Å². The summed E-state index contributed by atoms with van der Waals surface area (Å²) in [7, 11) is -3.92. The van der Waals surface area contributed by atoms with Crippen molar-refractivity contribution in [1.82, 2.24) is 0 Å². The normalized spacial score (nSPS) is 11.4. The molecule has 82 valence electrons. The molecule has 0 saturated heterocycles. The minimum atomic E-state index is -3.92. The molecule has 0 saturated carbocycles. The second-order valence-electron chi connectivity index (χ2n) is 2.82. The molecule has 5 nitrogen and oxygen atoms in total. The molecular formula is C8H9ClN2O3S. The van der Waals surface area contributed by atoms with Gasteiger partial charge in [-0.2, -0.15) is 0 Å². The number of Topliss-reactive ketones (excluding diaryl/α,β-unsaturated/α-hetero) is 1. The highest BCUT2D eigenvalue weighted by atomic mass is 35.5. The summed E-state index contributed by atoms with van der Waals surface area (Å²) >= 11 is 5.63. The quantitative estimate of drug-likeness (QED) is 0.742. The first-order valence-electron chi connectivity index (χ1n) is 3.92. The third kappa shape index (κ3) is 2.75. The Hall–Kier alpha value is -0.950. The third-order valence-electron chi connectivity index (χ3n) is 1.75. The highest BCUT2D eigenvalue weighted by molar-refractivity contribution is 7.89. The molecule has 0 aliphatic carbocycles. The highest BCUT2D eigenvalue weighted by Gasteiger charge is 2.15. The fraction of sp³-hybridized carbons (Fsp3) is 0.125. The van der Waals surface area contributed by atoms with Crippen molar-refractivity contribution in [2.45, 2.75) is 4.90 Å². The fourth-order valence-corrected chi connectivity index (χ4v) is 2.08. The van der Waals surface area contributed by atoms with Gasteiger partial charge in [-0.05, 0) is 18.2 Å². The Morgan fingerprint density at radius 1 is 1.40 bits per heavy atom. The lowest BCUT2D eigenvalue weighted by atomic mass is 10.1. The number of rotatable bonds is 3. The van der Waals surface area contributed by atoms with E-state index in [0.717, 1.165) is 6.07 Å². The van der Waals surface area contributed by atoms with Gasteiger partial charge in [0.2, 0.25) is 10.0 Å². The topological polar surface area (TPSA) is 103 Å². The van der Waals surface area contributed by atoms with E-state index in [4.69, 9.17) is 22.5 Å². The van der Waals surface area contributed by atoms with Crippen LogP contribution < -0.4 is 10.9 Å². The zero-order chi connectivity index (χ0) is 11.6. The molecule has 0 heterocycles. The summed E-state index contributed by atoms with van der Waals surface area (Å²) in [6.45, 7) is -0.203. The minimum Gasteiger partial charge on any atom is -0.324 e. The molecule has 0 aromatic heterocycles. The third-order valence-corrected chi connectivity index (χ3v) is 3.14. The number of hydrogen-bond acceptors (Lipinski definition) is 4. The first-order chi connectivity index (χ1) is 6.86. The van der Waals surface area contributed by atoms with E-state index in [1.165, 1.54) is 12.1 Å². The molecule has 4 N–H and O–H groups in total. The molecule has 1 aromatic rings. The van der Waals surface area contributed by atoms with Crippen molar-refractivity contribution >= 4 is 27.4 Å². The number of primary sulfonamides is 1. The number of halogens is 1. The summed E-state index contributed by atoms with van der Waals surface area (Å²) in [5.41, 5.74) is 5.31. The van der Waals surface area contributed by atoms with E-state index in [1.807, 2.05) is 0 Å². The number of carbonyl (C=O) groups is 1. The average Bonchev–Trinajstić information content (AvgIpc) is 2.15. The summed E-state index contributed by atoms with van der Waals surface area (Å²) in [5.74, 6) is -0.378. The molecule has 0 bridgehead atoms. The molecule has 7 heteroatoms. The van der Waals surface area contributed by atoms with E-state index in [0.29, 0.717) is 0 Å². The molecule has 0 radical (unpaired) electrons. The standard InChI is InChI=1S/C8H9ClN2O3S/c9-6-2-1-5(7(12)4-10)3-8(6)15(11,13)14/h1-3H,4,10H2,(H2,11,13,14). The Bertz CT molecular complexity index is 499. The van der Waals surface area contributed by atoms with Crippen LogP contribution in [0.3, 0.4) is 0 Å². The molecule has 15 heavy (non-hydrogen) atoms. The van der Waals surface area contributed by atoms with Gasteiger partial charge in [0.05, 0.1) is 11.6 Å². The lowest BCUT2D eigenvalue weighted by Gasteiger charge is -2.04. The fourth-order valence-electron chi connectivity index (χ4n) is 1.01. The van der Waals surface area contributed by atoms with Crippen molar-refractivity contribution in [3.8, 4) is 0 Å². The smallest absolute Gasteiger partial charge is 0.239 e. The molecule has 0 aliphatic heterocycles. The van der Waals surface area contributed by atoms with Crippen LogP contribution >= 0.6 is 11.6 Å². The molecule has 1 rings (SSSR count). The van der Waals surface area contributed by atoms with Gasteiger partial charge in [-0.15, -0.1) is 0 Å². The Balaban J connectivity index is 3.36. The highest BCUT2D eigenvalue weighted by Crippen LogP contribution is 2.21. The Morgan fingerprint density at radius 3 is 2.47 bits per heavy atom. The Morgan fingerprint density at radius 2 is 2.00 bits per heavy atom. The van der Waals surface area contributed by atoms with E-state index in [2.05, 4.69) is 0 Å². The zero-order valence-electron chi connectivity index (χ0n) is 7.60. The van der Waals surface area contributed by atoms with E-state index in [-0.39, 0.29) is 27.8 Å². The van der Waals surface area contributed by atoms with Gasteiger partial charge < -0.3 is 5.73 Å². The first kappa shape index (κ1) is 12.1. The van der Waals surface area contributed by atoms with Gasteiger partial charge in [0.25, 0.3) is 0 Å². The van der Waals surface area contributed by atoms with Crippen LogP contribution in [0, 0.1) is 0 Å². The van der Waals surface area contributed by atoms with Crippen LogP contribution in [0.15, 0.2) is 23.1 Å². The lowest BCUT2D eigenvalue weighted by Crippen LogP contribution is -2.16. The monoisotopic (exact) mass is 248 g/mol. The van der Waals surface area contributed by atoms with Crippen molar-refractivity contribution in [2.24, 2.45) is 10.9 Å². The Labute approximate surface area is 92.1 Å². The molecule has 0 fully saturated rings. The van der Waals surface area contributed by atoms with Crippen LogP contribution in [0.1, 0.15) is 10.4 Å². The van der Waals surface area contributed by atoms with Crippen LogP contribution in [-0.2, 0) is 10.0 Å². The van der Waals surface area contributed by atoms with E-state index >= 15 is 0 Å². The van der Waals surface area contributed by atoms with Crippen molar-refractivity contribution in [3.05, 3.63) is 28.8 Å². The average molecular weight is 249 g/mol. The predicted octanol–water partition coefficient (Wildman–Crippen LogP) is 0.129. The molecule has 0 spiro atoms. The van der Waals surface area contributed by atoms with Crippen LogP contribution in [-0.4, -0.2) is 20.7 Å². The summed E-state index contributed by atoms with van der Waals surface area (Å²) in [4.78, 5) is 10.9. The van der Waals surface area contributed by atoms with Gasteiger partial charge in [-0.1, -0.05) is 11.6 Å². The van der Waals surface area contributed by atoms with Gasteiger partial charge >= 0.3 is 0 Å².